The second-order valence-corrected chi connectivity index (χ2v) is 34.0. The first kappa shape index (κ1) is 99.8. The van der Waals surface area contributed by atoms with Crippen molar-refractivity contribution in [1.29, 1.82) is 0 Å². The van der Waals surface area contributed by atoms with Crippen LogP contribution in [-0.4, -0.2) is 74.5 Å². The van der Waals surface area contributed by atoms with Crippen LogP contribution in [0.25, 0.3) is 110 Å². The average molecular weight is 1870 g/mol. The van der Waals surface area contributed by atoms with Gasteiger partial charge in [0.25, 0.3) is 0 Å². The molecule has 682 valence electrons. The number of benzene rings is 10. The molecule has 0 saturated heterocycles. The molecular formula is C111H111N5O12S5. The summed E-state index contributed by atoms with van der Waals surface area (Å²) >= 11 is 28.9. The molecule has 22 heteroatoms. The monoisotopic (exact) mass is 1870 g/mol. The minimum atomic E-state index is -0.515. The number of pyridine rings is 5. The summed E-state index contributed by atoms with van der Waals surface area (Å²) in [7, 11) is 4.01. The molecule has 2 unspecified atom stereocenters. The number of esters is 3. The van der Waals surface area contributed by atoms with Crippen LogP contribution < -0.4 is 23.7 Å². The van der Waals surface area contributed by atoms with Gasteiger partial charge in [-0.05, 0) is 243 Å². The number of ether oxygens (including phenoxy) is 9. The van der Waals surface area contributed by atoms with Crippen molar-refractivity contribution >= 4 is 134 Å². The fourth-order valence-corrected chi connectivity index (χ4v) is 16.9. The first-order chi connectivity index (χ1) is 64.1. The first-order valence-corrected chi connectivity index (χ1v) is 45.7. The Morgan fingerprint density at radius 2 is 0.609 bits per heavy atom. The molecule has 15 rings (SSSR count). The van der Waals surface area contributed by atoms with Gasteiger partial charge >= 0.3 is 17.9 Å². The molecule has 0 aliphatic rings. The van der Waals surface area contributed by atoms with Gasteiger partial charge in [0, 0.05) is 105 Å². The van der Waals surface area contributed by atoms with E-state index in [0.717, 1.165) is 171 Å². The molecule has 133 heavy (non-hydrogen) atoms. The maximum absolute atomic E-state index is 11.4. The molecule has 15 aromatic rings. The highest BCUT2D eigenvalue weighted by molar-refractivity contribution is 7.72. The summed E-state index contributed by atoms with van der Waals surface area (Å²) < 4.78 is 62.2. The van der Waals surface area contributed by atoms with E-state index in [2.05, 4.69) is 196 Å². The van der Waals surface area contributed by atoms with Crippen LogP contribution in [-0.2, 0) is 47.4 Å². The van der Waals surface area contributed by atoms with Gasteiger partial charge in [-0.1, -0.05) is 272 Å². The SMILES string of the molecule is C=C(C)C(=O)OCOc1ccc(-c2cc3ccccc3n(C(C)C)c2=S)cc1.C=C(C)C(=O)OCOc1ccc(-c2cc3ccccc3n(C(C)CCC)c2=S)cc1.C=C(C)COc1ccc(-c2cc3ccccc3n(C)c2=S)cc1.C=CC(=O)OCOc1ccc(-c2cc3ccccc3n(C(C)CCC)c2=S)cc1.C=COCOc1ccc(-c2cc3ccccc3n(C)c2=S)cc1. The highest BCUT2D eigenvalue weighted by atomic mass is 32.1. The predicted molar refractivity (Wildman–Crippen MR) is 554 cm³/mol. The van der Waals surface area contributed by atoms with Crippen molar-refractivity contribution in [3.05, 3.63) is 358 Å². The standard InChI is InChI=1S/C25H27NO3S.C24H25NO3S.C23H23NO3S.C20H19NOS.C19H17NO2S/c1-5-8-18(4)26-23-10-7-6-9-20(23)15-22(24(26)30)19-11-13-21(14-12-19)28-16-29-25(27)17(2)3;1-4-8-17(3)25-22-10-7-6-9-19(22)15-21(24(25)29)18-11-13-20(14-12-18)27-16-28-23(26)5-2;1-15(2)23(25)27-14-26-19-11-9-17(10-12-19)20-13-18-7-5-6-8-21(18)24(16(3)4)22(20)28;1-14(2)13-22-17-10-8-15(9-11-17)18-12-16-6-4-5-7-19(16)21(3)20(18)23;1-3-21-13-22-16-10-8-14(9-11-16)17-12-15-6-4-5-7-18(15)20(2)19(17)23/h6-7,9-15,18H,2,5,8,16H2,1,3-4H3;5-7,9-15,17H,2,4,8,16H2,1,3H3;5-13,16H,1,14H2,2-4H3;4-12H,1,13H2,2-3H3;3-12H,1,13H2,2H3. The van der Waals surface area contributed by atoms with Gasteiger partial charge in [0.05, 0.1) is 6.26 Å². The smallest absolute Gasteiger partial charge is 0.335 e. The van der Waals surface area contributed by atoms with Gasteiger partial charge in [0.15, 0.2) is 0 Å². The number of carbonyl (C=O) groups excluding carboxylic acids is 3. The molecule has 0 amide bonds. The van der Waals surface area contributed by atoms with Crippen LogP contribution in [0.4, 0.5) is 0 Å². The molecule has 17 nitrogen and oxygen atoms in total. The topological polar surface area (TPSA) is 159 Å². The van der Waals surface area contributed by atoms with E-state index in [9.17, 15) is 14.4 Å². The summed E-state index contributed by atoms with van der Waals surface area (Å²) in [5.41, 5.74) is 17.8. The summed E-state index contributed by atoms with van der Waals surface area (Å²) in [5.74, 6) is 1.98. The first-order valence-electron chi connectivity index (χ1n) is 43.7. The molecule has 0 spiro atoms. The zero-order valence-electron chi connectivity index (χ0n) is 76.9. The van der Waals surface area contributed by atoms with Crippen molar-refractivity contribution < 1.29 is 57.0 Å². The third-order valence-corrected chi connectivity index (χ3v) is 24.0. The molecule has 0 N–H and O–H groups in total. The Kier molecular flexibility index (Phi) is 36.3. The van der Waals surface area contributed by atoms with E-state index < -0.39 is 17.9 Å². The molecule has 0 aliphatic carbocycles. The van der Waals surface area contributed by atoms with Crippen LogP contribution in [0.1, 0.15) is 106 Å². The third-order valence-electron chi connectivity index (χ3n) is 21.8. The quantitative estimate of drug-likeness (QED) is 0.00590. The Balaban J connectivity index is 0.000000161. The van der Waals surface area contributed by atoms with Crippen molar-refractivity contribution in [3.8, 4) is 84.4 Å². The molecule has 2 atom stereocenters. The molecule has 0 aliphatic heterocycles. The van der Waals surface area contributed by atoms with Crippen LogP contribution >= 0.6 is 61.1 Å². The summed E-state index contributed by atoms with van der Waals surface area (Å²) in [4.78, 5) is 33.9. The van der Waals surface area contributed by atoms with Crippen molar-refractivity contribution in [2.45, 2.75) is 106 Å². The molecule has 0 bridgehead atoms. The van der Waals surface area contributed by atoms with Crippen LogP contribution in [0.3, 0.4) is 0 Å². The lowest BCUT2D eigenvalue weighted by Crippen LogP contribution is -2.10. The van der Waals surface area contributed by atoms with Gasteiger partial charge in [-0.2, -0.15) is 0 Å². The van der Waals surface area contributed by atoms with Crippen molar-refractivity contribution in [2.24, 2.45) is 14.1 Å². The van der Waals surface area contributed by atoms with E-state index in [1.54, 1.807) is 13.8 Å². The van der Waals surface area contributed by atoms with Crippen LogP contribution in [0.2, 0.25) is 0 Å². The highest BCUT2D eigenvalue weighted by Crippen LogP contribution is 2.37. The van der Waals surface area contributed by atoms with Crippen molar-refractivity contribution in [1.82, 2.24) is 22.8 Å². The largest absolute Gasteiger partial charge is 0.489 e. The average Bonchev–Trinajstić information content (AvgIpc) is 0.500. The summed E-state index contributed by atoms with van der Waals surface area (Å²) in [6, 6.07) is 91.8. The number of nitrogens with zero attached hydrogens (tertiary/aromatic N) is 5. The van der Waals surface area contributed by atoms with Gasteiger partial charge in [-0.25, -0.2) is 14.4 Å². The molecule has 5 aromatic heterocycles. The van der Waals surface area contributed by atoms with Crippen molar-refractivity contribution in [2.75, 3.05) is 33.8 Å². The van der Waals surface area contributed by atoms with E-state index in [1.807, 2.05) is 195 Å². The molecule has 0 fully saturated rings. The fourth-order valence-electron chi connectivity index (χ4n) is 15.0. The Morgan fingerprint density at radius 1 is 0.346 bits per heavy atom. The summed E-state index contributed by atoms with van der Waals surface area (Å²) in [5, 5.41) is 5.82. The fraction of sp³-hybridized carbons (Fsp3) is 0.207. The molecule has 10 aromatic carbocycles. The number of para-hydroxylation sites is 5. The number of hydrogen-bond acceptors (Lipinski definition) is 17. The van der Waals surface area contributed by atoms with Crippen molar-refractivity contribution in [3.63, 3.8) is 0 Å². The zero-order valence-corrected chi connectivity index (χ0v) is 81.0. The second kappa shape index (κ2) is 48.4. The molecular weight excluding hydrogens is 1760 g/mol. The Morgan fingerprint density at radius 3 is 0.895 bits per heavy atom. The van der Waals surface area contributed by atoms with Gasteiger partial charge < -0.3 is 65.5 Å². The number of fused-ring (bicyclic) bond motifs is 5. The van der Waals surface area contributed by atoms with E-state index in [1.165, 1.54) is 17.0 Å². The number of carbonyl (C=O) groups is 3. The van der Waals surface area contributed by atoms with Crippen LogP contribution in [0.15, 0.2) is 335 Å². The Labute approximate surface area is 804 Å². The summed E-state index contributed by atoms with van der Waals surface area (Å²) in [6.45, 7) is 36.2. The lowest BCUT2D eigenvalue weighted by Gasteiger charge is -2.21. The predicted octanol–water partition coefficient (Wildman–Crippen LogP) is 30.0. The van der Waals surface area contributed by atoms with E-state index in [-0.39, 0.29) is 33.2 Å². The minimum Gasteiger partial charge on any atom is -0.489 e. The zero-order chi connectivity index (χ0) is 95.4. The summed E-state index contributed by atoms with van der Waals surface area (Å²) in [6.07, 6.45) is 6.79. The molecule has 0 radical (unpaired) electrons. The lowest BCUT2D eigenvalue weighted by molar-refractivity contribution is -0.146. The Bertz CT molecular complexity index is 7040. The molecule has 0 saturated carbocycles. The van der Waals surface area contributed by atoms with Gasteiger partial charge in [0.1, 0.15) is 58.6 Å². The van der Waals surface area contributed by atoms with Gasteiger partial charge in [0.2, 0.25) is 27.2 Å². The highest BCUT2D eigenvalue weighted by Gasteiger charge is 2.19. The minimum absolute atomic E-state index is 0.151. The number of aromatic nitrogens is 5. The maximum Gasteiger partial charge on any atom is 0.335 e. The van der Waals surface area contributed by atoms with E-state index in [0.29, 0.717) is 47.1 Å². The molecule has 5 heterocycles. The van der Waals surface area contributed by atoms with Gasteiger partial charge in [-0.15, -0.1) is 0 Å². The number of rotatable bonds is 31. The lowest BCUT2D eigenvalue weighted by atomic mass is 10.0. The third kappa shape index (κ3) is 26.1. The van der Waals surface area contributed by atoms with Gasteiger partial charge in [-0.3, -0.25) is 0 Å². The number of hydrogen-bond donors (Lipinski definition) is 0. The Hall–Kier alpha value is -13.7. The number of aryl methyl sites for hydroxylation is 2. The van der Waals surface area contributed by atoms with Crippen LogP contribution in [0.5, 0.6) is 28.7 Å². The maximum atomic E-state index is 11.4. The second-order valence-electron chi connectivity index (χ2n) is 32.0. The van der Waals surface area contributed by atoms with Crippen LogP contribution in [0, 0.1) is 23.2 Å². The normalized spacial score (nSPS) is 11.2. The van der Waals surface area contributed by atoms with E-state index in [4.69, 9.17) is 104 Å². The van der Waals surface area contributed by atoms with E-state index >= 15 is 0 Å².